The first-order chi connectivity index (χ1) is 9.44. The lowest BCUT2D eigenvalue weighted by Crippen LogP contribution is -2.16. The van der Waals surface area contributed by atoms with Crippen LogP contribution in [0.25, 0.3) is 0 Å². The van der Waals surface area contributed by atoms with Crippen molar-refractivity contribution in [3.8, 4) is 5.75 Å². The van der Waals surface area contributed by atoms with Gasteiger partial charge in [-0.2, -0.15) is 0 Å². The van der Waals surface area contributed by atoms with E-state index < -0.39 is 6.36 Å². The van der Waals surface area contributed by atoms with Crippen LogP contribution in [-0.4, -0.2) is 12.2 Å². The summed E-state index contributed by atoms with van der Waals surface area (Å²) in [6.45, 7) is 0. The van der Waals surface area contributed by atoms with Gasteiger partial charge < -0.3 is 10.5 Å². The predicted octanol–water partition coefficient (Wildman–Crippen LogP) is 3.62. The molecule has 0 aliphatic carbocycles. The first kappa shape index (κ1) is 13.9. The Hall–Kier alpha value is -2.50. The highest BCUT2D eigenvalue weighted by molar-refractivity contribution is 5.98. The number of nitrogens with zero attached hydrogens (tertiary/aromatic N) is 1. The molecule has 104 valence electrons. The third-order valence-corrected chi connectivity index (χ3v) is 2.39. The van der Waals surface area contributed by atoms with Crippen LogP contribution in [0.1, 0.15) is 5.56 Å². The van der Waals surface area contributed by atoms with E-state index in [1.54, 1.807) is 12.1 Å². The van der Waals surface area contributed by atoms with Gasteiger partial charge in [0, 0.05) is 5.56 Å². The fourth-order valence-corrected chi connectivity index (χ4v) is 1.53. The van der Waals surface area contributed by atoms with E-state index in [4.69, 9.17) is 5.73 Å². The largest absolute Gasteiger partial charge is 0.573 e. The van der Waals surface area contributed by atoms with Gasteiger partial charge in [-0.25, -0.2) is 4.99 Å². The minimum Gasteiger partial charge on any atom is -0.406 e. The van der Waals surface area contributed by atoms with Crippen molar-refractivity contribution in [1.82, 2.24) is 0 Å². The van der Waals surface area contributed by atoms with Crippen LogP contribution < -0.4 is 10.5 Å². The lowest BCUT2D eigenvalue weighted by Gasteiger charge is -2.08. The van der Waals surface area contributed by atoms with Crippen LogP contribution in [0.5, 0.6) is 5.75 Å². The van der Waals surface area contributed by atoms with E-state index in [0.717, 1.165) is 5.56 Å². The lowest BCUT2D eigenvalue weighted by molar-refractivity contribution is -0.274. The quantitative estimate of drug-likeness (QED) is 0.689. The molecule has 0 heterocycles. The number of aliphatic imine (C=N–C) groups is 1. The number of amidine groups is 1. The zero-order valence-electron chi connectivity index (χ0n) is 10.3. The molecule has 0 atom stereocenters. The molecule has 6 heteroatoms. The third-order valence-electron chi connectivity index (χ3n) is 2.39. The molecule has 2 aromatic rings. The van der Waals surface area contributed by atoms with Crippen molar-refractivity contribution in [2.24, 2.45) is 10.7 Å². The van der Waals surface area contributed by atoms with Gasteiger partial charge in [0.1, 0.15) is 11.6 Å². The first-order valence-electron chi connectivity index (χ1n) is 5.69. The van der Waals surface area contributed by atoms with Crippen molar-refractivity contribution in [3.05, 3.63) is 60.2 Å². The molecule has 2 N–H and O–H groups in total. The van der Waals surface area contributed by atoms with Crippen LogP contribution in [0.2, 0.25) is 0 Å². The zero-order valence-corrected chi connectivity index (χ0v) is 10.3. The van der Waals surface area contributed by atoms with Crippen molar-refractivity contribution in [3.63, 3.8) is 0 Å². The summed E-state index contributed by atoms with van der Waals surface area (Å²) in [5, 5.41) is 0. The number of rotatable bonds is 3. The molecule has 0 bridgehead atoms. The van der Waals surface area contributed by atoms with Gasteiger partial charge in [-0.3, -0.25) is 0 Å². The van der Waals surface area contributed by atoms with Crippen LogP contribution in [-0.2, 0) is 0 Å². The number of halogens is 3. The van der Waals surface area contributed by atoms with E-state index in [2.05, 4.69) is 9.73 Å². The van der Waals surface area contributed by atoms with Crippen molar-refractivity contribution in [2.45, 2.75) is 6.36 Å². The fourth-order valence-electron chi connectivity index (χ4n) is 1.53. The van der Waals surface area contributed by atoms with Gasteiger partial charge >= 0.3 is 6.36 Å². The van der Waals surface area contributed by atoms with E-state index >= 15 is 0 Å². The SMILES string of the molecule is NC(=Nc1ccc(OC(F)(F)F)cc1)c1ccccc1. The van der Waals surface area contributed by atoms with E-state index in [1.807, 2.05) is 18.2 Å². The second kappa shape index (κ2) is 5.64. The molecule has 0 spiro atoms. The molecule has 0 radical (unpaired) electrons. The molecule has 20 heavy (non-hydrogen) atoms. The van der Waals surface area contributed by atoms with Crippen LogP contribution in [0.3, 0.4) is 0 Å². The maximum atomic E-state index is 12.0. The molecule has 3 nitrogen and oxygen atoms in total. The standard InChI is InChI=1S/C14H11F3N2O/c15-14(16,17)20-12-8-6-11(7-9-12)19-13(18)10-4-2-1-3-5-10/h1-9H,(H2,18,19). The summed E-state index contributed by atoms with van der Waals surface area (Å²) in [7, 11) is 0. The van der Waals surface area contributed by atoms with E-state index in [0.29, 0.717) is 5.69 Å². The number of hydrogen-bond acceptors (Lipinski definition) is 2. The predicted molar refractivity (Wildman–Crippen MR) is 70.0 cm³/mol. The molecule has 0 aliphatic heterocycles. The molecule has 0 aliphatic rings. The normalized spacial score (nSPS) is 12.2. The molecule has 0 unspecified atom stereocenters. The summed E-state index contributed by atoms with van der Waals surface area (Å²) in [6.07, 6.45) is -4.70. The zero-order chi connectivity index (χ0) is 14.6. The molecule has 0 amide bonds. The van der Waals surface area contributed by atoms with Crippen molar-refractivity contribution >= 4 is 11.5 Å². The molecule has 2 aromatic carbocycles. The Morgan fingerprint density at radius 1 is 0.950 bits per heavy atom. The number of hydrogen-bond donors (Lipinski definition) is 1. The van der Waals surface area contributed by atoms with Crippen LogP contribution >= 0.6 is 0 Å². The van der Waals surface area contributed by atoms with E-state index in [-0.39, 0.29) is 11.6 Å². The van der Waals surface area contributed by atoms with Crippen LogP contribution in [0.4, 0.5) is 18.9 Å². The minimum absolute atomic E-state index is 0.287. The summed E-state index contributed by atoms with van der Waals surface area (Å²) >= 11 is 0. The second-order valence-corrected chi connectivity index (χ2v) is 3.90. The van der Waals surface area contributed by atoms with Crippen LogP contribution in [0.15, 0.2) is 59.6 Å². The monoisotopic (exact) mass is 280 g/mol. The Bertz CT molecular complexity index is 592. The molecular weight excluding hydrogens is 269 g/mol. The molecule has 2 rings (SSSR count). The smallest absolute Gasteiger partial charge is 0.406 e. The highest BCUT2D eigenvalue weighted by Gasteiger charge is 2.30. The van der Waals surface area contributed by atoms with Gasteiger partial charge in [0.2, 0.25) is 0 Å². The fraction of sp³-hybridized carbons (Fsp3) is 0.0714. The maximum absolute atomic E-state index is 12.0. The Labute approximate surface area is 113 Å². The van der Waals surface area contributed by atoms with Gasteiger partial charge in [0.05, 0.1) is 5.69 Å². The minimum atomic E-state index is -4.70. The average Bonchev–Trinajstić information content (AvgIpc) is 2.40. The van der Waals surface area contributed by atoms with Gasteiger partial charge in [-0.05, 0) is 24.3 Å². The molecule has 0 saturated carbocycles. The van der Waals surface area contributed by atoms with E-state index in [9.17, 15) is 13.2 Å². The maximum Gasteiger partial charge on any atom is 0.573 e. The highest BCUT2D eigenvalue weighted by atomic mass is 19.4. The number of benzene rings is 2. The number of ether oxygens (including phenoxy) is 1. The lowest BCUT2D eigenvalue weighted by atomic mass is 10.2. The van der Waals surface area contributed by atoms with Crippen molar-refractivity contribution < 1.29 is 17.9 Å². The van der Waals surface area contributed by atoms with Gasteiger partial charge in [-0.1, -0.05) is 30.3 Å². The summed E-state index contributed by atoms with van der Waals surface area (Å²) in [4.78, 5) is 4.12. The van der Waals surface area contributed by atoms with E-state index in [1.165, 1.54) is 24.3 Å². The molecule has 0 saturated heterocycles. The van der Waals surface area contributed by atoms with Crippen molar-refractivity contribution in [1.29, 1.82) is 0 Å². The Morgan fingerprint density at radius 2 is 1.55 bits per heavy atom. The van der Waals surface area contributed by atoms with Gasteiger partial charge in [0.25, 0.3) is 0 Å². The molecule has 0 fully saturated rings. The molecular formula is C14H11F3N2O. The van der Waals surface area contributed by atoms with Crippen molar-refractivity contribution in [2.75, 3.05) is 0 Å². The Balaban J connectivity index is 2.15. The molecule has 0 aromatic heterocycles. The first-order valence-corrected chi connectivity index (χ1v) is 5.69. The topological polar surface area (TPSA) is 47.6 Å². The Kier molecular flexibility index (Phi) is 3.93. The summed E-state index contributed by atoms with van der Waals surface area (Å²) in [5.41, 5.74) is 6.99. The summed E-state index contributed by atoms with van der Waals surface area (Å²) < 4.78 is 39.8. The van der Waals surface area contributed by atoms with Crippen LogP contribution in [0, 0.1) is 0 Å². The second-order valence-electron chi connectivity index (χ2n) is 3.90. The summed E-state index contributed by atoms with van der Waals surface area (Å²) in [5.74, 6) is -0.00942. The number of nitrogens with two attached hydrogens (primary N) is 1. The summed E-state index contributed by atoms with van der Waals surface area (Å²) in [6, 6.07) is 14.2. The average molecular weight is 280 g/mol. The number of alkyl halides is 3. The van der Waals surface area contributed by atoms with Gasteiger partial charge in [0.15, 0.2) is 0 Å². The van der Waals surface area contributed by atoms with Gasteiger partial charge in [-0.15, -0.1) is 13.2 Å². The highest BCUT2D eigenvalue weighted by Crippen LogP contribution is 2.25. The Morgan fingerprint density at radius 3 is 2.10 bits per heavy atom. The third kappa shape index (κ3) is 4.01.